The summed E-state index contributed by atoms with van der Waals surface area (Å²) >= 11 is 0. The highest BCUT2D eigenvalue weighted by atomic mass is 16.5. The molecule has 2 atom stereocenters. The SMILES string of the molecule is COC(=O)c1ccc(OC)c(C(O)C(O)CCNC(C)=O)c1. The zero-order valence-corrected chi connectivity index (χ0v) is 12.8. The molecule has 0 bridgehead atoms. The molecule has 0 radical (unpaired) electrons. The monoisotopic (exact) mass is 311 g/mol. The van der Waals surface area contributed by atoms with Gasteiger partial charge in [0.25, 0.3) is 0 Å². The smallest absolute Gasteiger partial charge is 0.337 e. The molecule has 0 heterocycles. The number of carbonyl (C=O) groups is 2. The van der Waals surface area contributed by atoms with Crippen LogP contribution in [0.4, 0.5) is 0 Å². The molecule has 7 nitrogen and oxygen atoms in total. The van der Waals surface area contributed by atoms with E-state index in [0.29, 0.717) is 5.75 Å². The average Bonchev–Trinajstić information content (AvgIpc) is 2.52. The Morgan fingerprint density at radius 3 is 2.50 bits per heavy atom. The van der Waals surface area contributed by atoms with Crippen molar-refractivity contribution >= 4 is 11.9 Å². The summed E-state index contributed by atoms with van der Waals surface area (Å²) in [5.74, 6) is -0.422. The van der Waals surface area contributed by atoms with Crippen LogP contribution in [0.25, 0.3) is 0 Å². The van der Waals surface area contributed by atoms with E-state index in [4.69, 9.17) is 4.74 Å². The third-order valence-corrected chi connectivity index (χ3v) is 3.15. The zero-order valence-electron chi connectivity index (χ0n) is 12.8. The fourth-order valence-corrected chi connectivity index (χ4v) is 1.97. The van der Waals surface area contributed by atoms with E-state index in [1.165, 1.54) is 39.3 Å². The lowest BCUT2D eigenvalue weighted by atomic mass is 9.99. The molecule has 0 saturated heterocycles. The minimum Gasteiger partial charge on any atom is -0.496 e. The van der Waals surface area contributed by atoms with Crippen molar-refractivity contribution in [3.05, 3.63) is 29.3 Å². The van der Waals surface area contributed by atoms with Gasteiger partial charge in [-0.05, 0) is 24.6 Å². The predicted molar refractivity (Wildman–Crippen MR) is 78.6 cm³/mol. The molecule has 0 spiro atoms. The maximum Gasteiger partial charge on any atom is 0.337 e. The maximum absolute atomic E-state index is 11.6. The first-order chi connectivity index (χ1) is 10.4. The van der Waals surface area contributed by atoms with Crippen LogP contribution in [0.5, 0.6) is 5.75 Å². The molecule has 1 aromatic rings. The van der Waals surface area contributed by atoms with Gasteiger partial charge in [-0.2, -0.15) is 0 Å². The van der Waals surface area contributed by atoms with E-state index >= 15 is 0 Å². The van der Waals surface area contributed by atoms with Crippen molar-refractivity contribution in [3.8, 4) is 5.75 Å². The molecule has 3 N–H and O–H groups in total. The van der Waals surface area contributed by atoms with Crippen molar-refractivity contribution in [1.29, 1.82) is 0 Å². The van der Waals surface area contributed by atoms with E-state index in [-0.39, 0.29) is 30.0 Å². The molecular formula is C15H21NO6. The van der Waals surface area contributed by atoms with Crippen molar-refractivity contribution in [2.45, 2.75) is 25.6 Å². The summed E-state index contributed by atoms with van der Waals surface area (Å²) in [5, 5.41) is 22.8. The summed E-state index contributed by atoms with van der Waals surface area (Å²) in [4.78, 5) is 22.3. The van der Waals surface area contributed by atoms with Gasteiger partial charge in [-0.1, -0.05) is 0 Å². The van der Waals surface area contributed by atoms with Crippen molar-refractivity contribution in [2.24, 2.45) is 0 Å². The normalized spacial score (nSPS) is 13.1. The van der Waals surface area contributed by atoms with Gasteiger partial charge >= 0.3 is 5.97 Å². The van der Waals surface area contributed by atoms with Gasteiger partial charge in [0.1, 0.15) is 11.9 Å². The Kier molecular flexibility index (Phi) is 6.81. The lowest BCUT2D eigenvalue weighted by Crippen LogP contribution is -2.28. The molecule has 0 aliphatic carbocycles. The van der Waals surface area contributed by atoms with Crippen molar-refractivity contribution in [1.82, 2.24) is 5.32 Å². The predicted octanol–water partition coefficient (Wildman–Crippen LogP) is 0.402. The largest absolute Gasteiger partial charge is 0.496 e. The van der Waals surface area contributed by atoms with E-state index in [1.54, 1.807) is 0 Å². The van der Waals surface area contributed by atoms with Crippen LogP contribution >= 0.6 is 0 Å². The van der Waals surface area contributed by atoms with Gasteiger partial charge in [-0.25, -0.2) is 4.79 Å². The summed E-state index contributed by atoms with van der Waals surface area (Å²) in [6.45, 7) is 1.60. The van der Waals surface area contributed by atoms with E-state index < -0.39 is 18.2 Å². The molecule has 0 saturated carbocycles. The first-order valence-electron chi connectivity index (χ1n) is 6.77. The molecule has 22 heavy (non-hydrogen) atoms. The molecular weight excluding hydrogens is 290 g/mol. The molecule has 1 rings (SSSR count). The summed E-state index contributed by atoms with van der Waals surface area (Å²) in [7, 11) is 2.68. The van der Waals surface area contributed by atoms with Gasteiger partial charge < -0.3 is 25.0 Å². The quantitative estimate of drug-likeness (QED) is 0.630. The fourth-order valence-electron chi connectivity index (χ4n) is 1.97. The lowest BCUT2D eigenvalue weighted by Gasteiger charge is -2.21. The number of carbonyl (C=O) groups excluding carboxylic acids is 2. The van der Waals surface area contributed by atoms with Gasteiger partial charge in [0, 0.05) is 19.0 Å². The van der Waals surface area contributed by atoms with Gasteiger partial charge in [0.2, 0.25) is 5.91 Å². The summed E-state index contributed by atoms with van der Waals surface area (Å²) in [6.07, 6.45) is -2.21. The molecule has 0 aliphatic rings. The Bertz CT molecular complexity index is 531. The van der Waals surface area contributed by atoms with Gasteiger partial charge in [-0.15, -0.1) is 0 Å². The number of ether oxygens (including phenoxy) is 2. The number of hydrogen-bond acceptors (Lipinski definition) is 6. The van der Waals surface area contributed by atoms with Crippen molar-refractivity contribution < 1.29 is 29.3 Å². The second-order valence-corrected chi connectivity index (χ2v) is 4.73. The number of rotatable bonds is 7. The first-order valence-corrected chi connectivity index (χ1v) is 6.77. The average molecular weight is 311 g/mol. The summed E-state index contributed by atoms with van der Waals surface area (Å²) in [6, 6.07) is 4.44. The third kappa shape index (κ3) is 4.71. The highest BCUT2D eigenvalue weighted by Gasteiger charge is 2.23. The topological polar surface area (TPSA) is 105 Å². The number of amides is 1. The van der Waals surface area contributed by atoms with Crippen LogP contribution in [0.1, 0.15) is 35.4 Å². The Balaban J connectivity index is 2.91. The standard InChI is InChI=1S/C15H21NO6/c1-9(17)16-7-6-12(18)14(19)11-8-10(15(20)22-3)4-5-13(11)21-2/h4-5,8,12,14,18-19H,6-7H2,1-3H3,(H,16,17). The van der Waals surface area contributed by atoms with Crippen LogP contribution in [-0.4, -0.2) is 49.0 Å². The summed E-state index contributed by atoms with van der Waals surface area (Å²) in [5.41, 5.74) is 0.520. The minimum atomic E-state index is -1.26. The molecule has 2 unspecified atom stereocenters. The van der Waals surface area contributed by atoms with E-state index in [2.05, 4.69) is 10.1 Å². The fraction of sp³-hybridized carbons (Fsp3) is 0.467. The first kappa shape index (κ1) is 17.9. The number of methoxy groups -OCH3 is 2. The van der Waals surface area contributed by atoms with Crippen LogP contribution in [-0.2, 0) is 9.53 Å². The number of nitrogens with one attached hydrogen (secondary N) is 1. The molecule has 0 aromatic heterocycles. The van der Waals surface area contributed by atoms with E-state index in [0.717, 1.165) is 0 Å². The van der Waals surface area contributed by atoms with Crippen LogP contribution in [0.15, 0.2) is 18.2 Å². The Labute approximate surface area is 128 Å². The van der Waals surface area contributed by atoms with E-state index in [1.807, 2.05) is 0 Å². The molecule has 0 aliphatic heterocycles. The number of benzene rings is 1. The van der Waals surface area contributed by atoms with E-state index in [9.17, 15) is 19.8 Å². The maximum atomic E-state index is 11.6. The highest BCUT2D eigenvalue weighted by Crippen LogP contribution is 2.29. The minimum absolute atomic E-state index is 0.159. The van der Waals surface area contributed by atoms with Crippen LogP contribution in [0, 0.1) is 0 Å². The number of esters is 1. The molecule has 1 aromatic carbocycles. The van der Waals surface area contributed by atoms with Gasteiger partial charge in [0.15, 0.2) is 0 Å². The molecule has 1 amide bonds. The van der Waals surface area contributed by atoms with Gasteiger partial charge in [-0.3, -0.25) is 4.79 Å². The Morgan fingerprint density at radius 2 is 1.95 bits per heavy atom. The second kappa shape index (κ2) is 8.35. The third-order valence-electron chi connectivity index (χ3n) is 3.15. The highest BCUT2D eigenvalue weighted by molar-refractivity contribution is 5.89. The second-order valence-electron chi connectivity index (χ2n) is 4.73. The lowest BCUT2D eigenvalue weighted by molar-refractivity contribution is -0.119. The zero-order chi connectivity index (χ0) is 16.7. The van der Waals surface area contributed by atoms with Crippen molar-refractivity contribution in [3.63, 3.8) is 0 Å². The Hall–Kier alpha value is -2.12. The summed E-state index contributed by atoms with van der Waals surface area (Å²) < 4.78 is 9.76. The Morgan fingerprint density at radius 1 is 1.27 bits per heavy atom. The van der Waals surface area contributed by atoms with Crippen molar-refractivity contribution in [2.75, 3.05) is 20.8 Å². The van der Waals surface area contributed by atoms with Crippen LogP contribution in [0.3, 0.4) is 0 Å². The molecule has 122 valence electrons. The van der Waals surface area contributed by atoms with Crippen LogP contribution < -0.4 is 10.1 Å². The number of aliphatic hydroxyl groups excluding tert-OH is 2. The number of aliphatic hydroxyl groups is 2. The van der Waals surface area contributed by atoms with Gasteiger partial charge in [0.05, 0.1) is 25.9 Å². The molecule has 0 fully saturated rings. The number of hydrogen-bond donors (Lipinski definition) is 3. The van der Waals surface area contributed by atoms with Crippen LogP contribution in [0.2, 0.25) is 0 Å². The molecule has 7 heteroatoms.